The summed E-state index contributed by atoms with van der Waals surface area (Å²) in [7, 11) is -5.58. The Kier molecular flexibility index (Phi) is 6.99. The highest BCUT2D eigenvalue weighted by atomic mass is 28.5. The van der Waals surface area contributed by atoms with Crippen LogP contribution in [-0.2, 0) is 27.2 Å². The van der Waals surface area contributed by atoms with E-state index in [0.717, 1.165) is 0 Å². The van der Waals surface area contributed by atoms with Gasteiger partial charge in [0.1, 0.15) is 18.8 Å². The Morgan fingerprint density at radius 3 is 1.97 bits per heavy atom. The number of carbonyl (C=O) groups is 2. The molecular weight excluding hydrogens is 434 g/mol. The zero-order valence-corrected chi connectivity index (χ0v) is 22.3. The number of hydrogen-bond acceptors (Lipinski definition) is 7. The zero-order chi connectivity index (χ0) is 23.3. The molecule has 0 aromatic heterocycles. The van der Waals surface area contributed by atoms with E-state index < -0.39 is 47.5 Å². The number of amides is 1. The number of cyclic esters (lactones) is 1. The molecule has 3 saturated heterocycles. The van der Waals surface area contributed by atoms with Gasteiger partial charge in [0.2, 0.25) is 0 Å². The third kappa shape index (κ3) is 4.10. The van der Waals surface area contributed by atoms with Crippen molar-refractivity contribution < 1.29 is 32.0 Å². The standard InChI is InChI=1S/C21H39NO7Si2/c1-12(2)30(13(3)4)27-18-10-22-17(11-25-21(22)24)19(26-16(9)23)20(18)28-31(29-30,14(5)6)15(7)8/h12-15,17-20H,10-11H2,1-9H3/t17?,18-,19-,20+/m0/s1. The van der Waals surface area contributed by atoms with Crippen LogP contribution in [0.2, 0.25) is 22.2 Å². The van der Waals surface area contributed by atoms with Gasteiger partial charge in [0, 0.05) is 6.92 Å². The minimum atomic E-state index is -2.81. The van der Waals surface area contributed by atoms with Gasteiger partial charge in [-0.3, -0.25) is 9.69 Å². The first kappa shape index (κ1) is 24.7. The van der Waals surface area contributed by atoms with E-state index in [4.69, 9.17) is 22.4 Å². The first-order chi connectivity index (χ1) is 14.4. The summed E-state index contributed by atoms with van der Waals surface area (Å²) >= 11 is 0. The molecule has 10 heteroatoms. The molecule has 178 valence electrons. The number of esters is 1. The molecule has 0 bridgehead atoms. The maximum absolute atomic E-state index is 12.4. The summed E-state index contributed by atoms with van der Waals surface area (Å²) in [4.78, 5) is 26.1. The molecular formula is C21H39NO7Si2. The van der Waals surface area contributed by atoms with Crippen molar-refractivity contribution in [1.29, 1.82) is 0 Å². The highest BCUT2D eigenvalue weighted by molar-refractivity contribution is 6.84. The van der Waals surface area contributed by atoms with Crippen LogP contribution >= 0.6 is 0 Å². The molecule has 3 aliphatic rings. The number of ether oxygens (including phenoxy) is 2. The number of carbonyl (C=O) groups excluding carboxylic acids is 2. The maximum atomic E-state index is 12.4. The predicted molar refractivity (Wildman–Crippen MR) is 120 cm³/mol. The molecule has 0 saturated carbocycles. The van der Waals surface area contributed by atoms with Crippen molar-refractivity contribution in [3.05, 3.63) is 0 Å². The molecule has 0 N–H and O–H groups in total. The second-order valence-corrected chi connectivity index (χ2v) is 19.1. The summed E-state index contributed by atoms with van der Waals surface area (Å²) in [5.41, 5.74) is 0.734. The average molecular weight is 474 g/mol. The topological polar surface area (TPSA) is 83.5 Å². The van der Waals surface area contributed by atoms with Gasteiger partial charge >= 0.3 is 29.2 Å². The fourth-order valence-corrected chi connectivity index (χ4v) is 16.7. The first-order valence-electron chi connectivity index (χ1n) is 11.5. The van der Waals surface area contributed by atoms with Gasteiger partial charge in [-0.2, -0.15) is 0 Å². The van der Waals surface area contributed by atoms with Crippen molar-refractivity contribution in [1.82, 2.24) is 4.90 Å². The molecule has 3 fully saturated rings. The van der Waals surface area contributed by atoms with Crippen LogP contribution in [0.15, 0.2) is 0 Å². The molecule has 4 atom stereocenters. The van der Waals surface area contributed by atoms with E-state index in [2.05, 4.69) is 55.4 Å². The molecule has 3 heterocycles. The predicted octanol–water partition coefficient (Wildman–Crippen LogP) is 4.08. The van der Waals surface area contributed by atoms with E-state index >= 15 is 0 Å². The van der Waals surface area contributed by atoms with Crippen LogP contribution < -0.4 is 0 Å². The second kappa shape index (κ2) is 8.77. The van der Waals surface area contributed by atoms with Gasteiger partial charge in [0.25, 0.3) is 0 Å². The highest BCUT2D eigenvalue weighted by Crippen LogP contribution is 2.49. The number of rotatable bonds is 5. The number of nitrogens with zero attached hydrogens (tertiary/aromatic N) is 1. The molecule has 31 heavy (non-hydrogen) atoms. The Balaban J connectivity index is 2.16. The first-order valence-corrected chi connectivity index (χ1v) is 15.5. The molecule has 1 unspecified atom stereocenters. The SMILES string of the molecule is CC(=O)O[C@H]1C2COC(=O)N2C[C@@H]2O[Si](C(C)C)(C(C)C)O[Si](C(C)C)(C(C)C)O[C@H]21. The minimum absolute atomic E-state index is 0.177. The van der Waals surface area contributed by atoms with Gasteiger partial charge in [-0.15, -0.1) is 0 Å². The third-order valence-corrected chi connectivity index (χ3v) is 17.3. The van der Waals surface area contributed by atoms with Gasteiger partial charge in [0.15, 0.2) is 6.10 Å². The Hall–Kier alpha value is -0.946. The van der Waals surface area contributed by atoms with E-state index in [1.165, 1.54) is 6.92 Å². The summed E-state index contributed by atoms with van der Waals surface area (Å²) in [6.07, 6.45) is -1.98. The normalized spacial score (nSPS) is 32.2. The molecule has 8 nitrogen and oxygen atoms in total. The van der Waals surface area contributed by atoms with E-state index in [9.17, 15) is 9.59 Å². The van der Waals surface area contributed by atoms with Gasteiger partial charge in [0.05, 0.1) is 12.6 Å². The Bertz CT molecular complexity index is 683. The number of fused-ring (bicyclic) bond motifs is 2. The summed E-state index contributed by atoms with van der Waals surface area (Å²) < 4.78 is 32.2. The van der Waals surface area contributed by atoms with Crippen molar-refractivity contribution in [2.75, 3.05) is 13.2 Å². The molecule has 0 radical (unpaired) electrons. The monoisotopic (exact) mass is 473 g/mol. The fraction of sp³-hybridized carbons (Fsp3) is 0.905. The Morgan fingerprint density at radius 2 is 1.48 bits per heavy atom. The Morgan fingerprint density at radius 1 is 0.968 bits per heavy atom. The number of hydrogen-bond donors (Lipinski definition) is 0. The van der Waals surface area contributed by atoms with Gasteiger partial charge in [-0.1, -0.05) is 55.4 Å². The Labute approximate surface area is 188 Å². The van der Waals surface area contributed by atoms with Crippen molar-refractivity contribution in [2.24, 2.45) is 0 Å². The second-order valence-electron chi connectivity index (χ2n) is 10.3. The lowest BCUT2D eigenvalue weighted by atomic mass is 9.95. The van der Waals surface area contributed by atoms with Gasteiger partial charge < -0.3 is 22.4 Å². The minimum Gasteiger partial charge on any atom is -0.457 e. The van der Waals surface area contributed by atoms with Crippen molar-refractivity contribution in [3.8, 4) is 0 Å². The van der Waals surface area contributed by atoms with Crippen LogP contribution in [0.25, 0.3) is 0 Å². The number of piperidine rings is 1. The summed E-state index contributed by atoms with van der Waals surface area (Å²) in [6, 6.07) is -0.375. The zero-order valence-electron chi connectivity index (χ0n) is 20.3. The van der Waals surface area contributed by atoms with Crippen LogP contribution in [0, 0.1) is 0 Å². The summed E-state index contributed by atoms with van der Waals surface area (Å²) in [5, 5.41) is 0. The van der Waals surface area contributed by atoms with Crippen LogP contribution in [0.5, 0.6) is 0 Å². The largest absolute Gasteiger partial charge is 0.457 e. The third-order valence-electron chi connectivity index (χ3n) is 6.95. The lowest BCUT2D eigenvalue weighted by Crippen LogP contribution is -2.65. The summed E-state index contributed by atoms with van der Waals surface area (Å²) in [6.45, 7) is 19.2. The molecule has 0 aliphatic carbocycles. The van der Waals surface area contributed by atoms with Gasteiger partial charge in [-0.25, -0.2) is 4.79 Å². The molecule has 0 aromatic carbocycles. The lowest BCUT2D eigenvalue weighted by molar-refractivity contribution is -0.167. The molecule has 3 aliphatic heterocycles. The van der Waals surface area contributed by atoms with E-state index in [-0.39, 0.29) is 34.8 Å². The summed E-state index contributed by atoms with van der Waals surface area (Å²) in [5.74, 6) is -0.406. The van der Waals surface area contributed by atoms with E-state index in [1.807, 2.05) is 0 Å². The van der Waals surface area contributed by atoms with Gasteiger partial charge in [-0.05, 0) is 22.2 Å². The molecule has 1 amide bonds. The fourth-order valence-electron chi connectivity index (χ4n) is 5.36. The maximum Gasteiger partial charge on any atom is 0.410 e. The van der Waals surface area contributed by atoms with Crippen LogP contribution in [-0.4, -0.2) is 71.6 Å². The van der Waals surface area contributed by atoms with Crippen molar-refractivity contribution in [3.63, 3.8) is 0 Å². The van der Waals surface area contributed by atoms with Crippen LogP contribution in [0.4, 0.5) is 4.79 Å². The smallest absolute Gasteiger partial charge is 0.410 e. The van der Waals surface area contributed by atoms with E-state index in [0.29, 0.717) is 6.54 Å². The van der Waals surface area contributed by atoms with Crippen molar-refractivity contribution in [2.45, 2.75) is 109 Å². The quantitative estimate of drug-likeness (QED) is 0.439. The van der Waals surface area contributed by atoms with Crippen LogP contribution in [0.1, 0.15) is 62.3 Å². The van der Waals surface area contributed by atoms with E-state index in [1.54, 1.807) is 4.90 Å². The molecule has 0 aromatic rings. The lowest BCUT2D eigenvalue weighted by Gasteiger charge is -2.46. The highest BCUT2D eigenvalue weighted by Gasteiger charge is 2.65. The molecule has 0 spiro atoms. The van der Waals surface area contributed by atoms with Crippen LogP contribution in [0.3, 0.4) is 0 Å². The molecule has 3 rings (SSSR count). The van der Waals surface area contributed by atoms with Crippen molar-refractivity contribution >= 4 is 29.2 Å². The average Bonchev–Trinajstić information content (AvgIpc) is 2.92.